The first-order valence-electron chi connectivity index (χ1n) is 7.51. The molecular formula is C16H19ClN2S. The number of fused-ring (bicyclic) bond motifs is 3. The fourth-order valence-corrected chi connectivity index (χ4v) is 5.28. The number of thiazole rings is 1. The van der Waals surface area contributed by atoms with E-state index in [0.717, 1.165) is 33.4 Å². The quantitative estimate of drug-likeness (QED) is 0.844. The maximum atomic E-state index is 6.02. The highest BCUT2D eigenvalue weighted by atomic mass is 35.5. The van der Waals surface area contributed by atoms with Gasteiger partial charge in [0.15, 0.2) is 5.13 Å². The summed E-state index contributed by atoms with van der Waals surface area (Å²) < 4.78 is 1.21. The van der Waals surface area contributed by atoms with Crippen molar-refractivity contribution in [3.8, 4) is 0 Å². The van der Waals surface area contributed by atoms with Gasteiger partial charge in [0, 0.05) is 11.1 Å². The van der Waals surface area contributed by atoms with Crippen LogP contribution in [-0.4, -0.2) is 11.0 Å². The number of rotatable bonds is 3. The molecule has 2 aromatic rings. The monoisotopic (exact) mass is 306 g/mol. The van der Waals surface area contributed by atoms with Crippen molar-refractivity contribution >= 4 is 38.3 Å². The van der Waals surface area contributed by atoms with E-state index in [1.807, 2.05) is 12.1 Å². The van der Waals surface area contributed by atoms with E-state index in [1.165, 1.54) is 30.4 Å². The molecule has 2 nitrogen and oxygen atoms in total. The van der Waals surface area contributed by atoms with E-state index in [-0.39, 0.29) is 0 Å². The SMILES string of the molecule is CC(Nc1nc2cc(Cl)ccc2s1)C1CC2CCC1C2. The zero-order valence-electron chi connectivity index (χ0n) is 11.6. The molecule has 106 valence electrons. The Morgan fingerprint density at radius 2 is 2.25 bits per heavy atom. The first kappa shape index (κ1) is 12.9. The van der Waals surface area contributed by atoms with Crippen molar-refractivity contribution in [2.45, 2.75) is 38.6 Å². The van der Waals surface area contributed by atoms with Crippen LogP contribution in [0.2, 0.25) is 5.02 Å². The van der Waals surface area contributed by atoms with E-state index in [2.05, 4.69) is 23.3 Å². The van der Waals surface area contributed by atoms with Gasteiger partial charge in [0.1, 0.15) is 0 Å². The summed E-state index contributed by atoms with van der Waals surface area (Å²) in [6, 6.07) is 6.47. The van der Waals surface area contributed by atoms with E-state index in [9.17, 15) is 0 Å². The summed E-state index contributed by atoms with van der Waals surface area (Å²) in [6.07, 6.45) is 5.78. The van der Waals surface area contributed by atoms with Gasteiger partial charge in [-0.05, 0) is 62.1 Å². The second-order valence-corrected chi connectivity index (χ2v) is 7.87. The average molecular weight is 307 g/mol. The van der Waals surface area contributed by atoms with Crippen molar-refractivity contribution in [3.05, 3.63) is 23.2 Å². The van der Waals surface area contributed by atoms with Gasteiger partial charge in [0.25, 0.3) is 0 Å². The summed E-state index contributed by atoms with van der Waals surface area (Å²) in [5, 5.41) is 5.44. The molecule has 1 N–H and O–H groups in total. The fourth-order valence-electron chi connectivity index (χ4n) is 4.17. The van der Waals surface area contributed by atoms with Gasteiger partial charge in [-0.1, -0.05) is 29.4 Å². The summed E-state index contributed by atoms with van der Waals surface area (Å²) in [4.78, 5) is 4.67. The Labute approximate surface area is 128 Å². The standard InChI is InChI=1S/C16H19ClN2S/c1-9(13-7-10-2-3-11(13)6-10)18-16-19-14-8-12(17)4-5-15(14)20-16/h4-5,8-11,13H,2-3,6-7H2,1H3,(H,18,19). The van der Waals surface area contributed by atoms with Gasteiger partial charge in [0.05, 0.1) is 10.2 Å². The van der Waals surface area contributed by atoms with Crippen molar-refractivity contribution < 1.29 is 0 Å². The van der Waals surface area contributed by atoms with E-state index in [4.69, 9.17) is 11.6 Å². The van der Waals surface area contributed by atoms with Crippen LogP contribution in [0, 0.1) is 17.8 Å². The van der Waals surface area contributed by atoms with Crippen LogP contribution in [0.25, 0.3) is 10.2 Å². The van der Waals surface area contributed by atoms with Crippen molar-refractivity contribution in [1.29, 1.82) is 0 Å². The molecule has 0 saturated heterocycles. The lowest BCUT2D eigenvalue weighted by Crippen LogP contribution is -2.29. The Morgan fingerprint density at radius 3 is 3.00 bits per heavy atom. The van der Waals surface area contributed by atoms with Crippen LogP contribution in [-0.2, 0) is 0 Å². The van der Waals surface area contributed by atoms with Gasteiger partial charge in [-0.15, -0.1) is 0 Å². The predicted octanol–water partition coefficient (Wildman–Crippen LogP) is 5.19. The topological polar surface area (TPSA) is 24.9 Å². The van der Waals surface area contributed by atoms with Crippen molar-refractivity contribution in [1.82, 2.24) is 4.98 Å². The number of nitrogens with one attached hydrogen (secondary N) is 1. The summed E-state index contributed by atoms with van der Waals surface area (Å²) in [6.45, 7) is 2.32. The Balaban J connectivity index is 1.52. The minimum atomic E-state index is 0.529. The maximum Gasteiger partial charge on any atom is 0.184 e. The maximum absolute atomic E-state index is 6.02. The van der Waals surface area contributed by atoms with Crippen LogP contribution in [0.15, 0.2) is 18.2 Å². The van der Waals surface area contributed by atoms with Crippen molar-refractivity contribution in [2.24, 2.45) is 17.8 Å². The fraction of sp³-hybridized carbons (Fsp3) is 0.562. The van der Waals surface area contributed by atoms with Crippen LogP contribution in [0.3, 0.4) is 0 Å². The lowest BCUT2D eigenvalue weighted by molar-refractivity contribution is 0.304. The second-order valence-electron chi connectivity index (χ2n) is 6.40. The Morgan fingerprint density at radius 1 is 1.35 bits per heavy atom. The molecule has 4 heteroatoms. The Kier molecular flexibility index (Phi) is 3.15. The highest BCUT2D eigenvalue weighted by Gasteiger charge is 2.41. The smallest absolute Gasteiger partial charge is 0.184 e. The van der Waals surface area contributed by atoms with E-state index in [0.29, 0.717) is 6.04 Å². The summed E-state index contributed by atoms with van der Waals surface area (Å²) >= 11 is 7.76. The van der Waals surface area contributed by atoms with E-state index >= 15 is 0 Å². The second kappa shape index (κ2) is 4.88. The molecule has 1 aromatic carbocycles. The molecule has 2 aliphatic rings. The molecular weight excluding hydrogens is 288 g/mol. The Bertz CT molecular complexity index is 638. The van der Waals surface area contributed by atoms with Gasteiger partial charge in [-0.25, -0.2) is 4.98 Å². The van der Waals surface area contributed by atoms with E-state index in [1.54, 1.807) is 11.3 Å². The molecule has 4 atom stereocenters. The number of hydrogen-bond acceptors (Lipinski definition) is 3. The lowest BCUT2D eigenvalue weighted by Gasteiger charge is -2.28. The van der Waals surface area contributed by atoms with Gasteiger partial charge >= 0.3 is 0 Å². The molecule has 0 radical (unpaired) electrons. The first-order valence-corrected chi connectivity index (χ1v) is 8.71. The Hall–Kier alpha value is -0.800. The van der Waals surface area contributed by atoms with E-state index < -0.39 is 0 Å². The normalized spacial score (nSPS) is 30.0. The third-order valence-electron chi connectivity index (χ3n) is 5.14. The molecule has 2 bridgehead atoms. The zero-order valence-corrected chi connectivity index (χ0v) is 13.2. The number of benzene rings is 1. The minimum absolute atomic E-state index is 0.529. The molecule has 2 saturated carbocycles. The minimum Gasteiger partial charge on any atom is -0.359 e. The molecule has 1 aromatic heterocycles. The molecule has 2 fully saturated rings. The zero-order chi connectivity index (χ0) is 13.7. The van der Waals surface area contributed by atoms with Crippen LogP contribution in [0.1, 0.15) is 32.6 Å². The number of nitrogens with zero attached hydrogens (tertiary/aromatic N) is 1. The van der Waals surface area contributed by atoms with Crippen molar-refractivity contribution in [3.63, 3.8) is 0 Å². The van der Waals surface area contributed by atoms with Crippen LogP contribution in [0.5, 0.6) is 0 Å². The highest BCUT2D eigenvalue weighted by Crippen LogP contribution is 2.50. The number of halogens is 1. The number of hydrogen-bond donors (Lipinski definition) is 1. The summed E-state index contributed by atoms with van der Waals surface area (Å²) in [5.74, 6) is 2.79. The lowest BCUT2D eigenvalue weighted by atomic mass is 9.84. The molecule has 0 aliphatic heterocycles. The number of aromatic nitrogens is 1. The van der Waals surface area contributed by atoms with Gasteiger partial charge < -0.3 is 5.32 Å². The first-order chi connectivity index (χ1) is 9.69. The summed E-state index contributed by atoms with van der Waals surface area (Å²) in [7, 11) is 0. The third-order valence-corrected chi connectivity index (χ3v) is 6.34. The number of anilines is 1. The van der Waals surface area contributed by atoms with Gasteiger partial charge in [0.2, 0.25) is 0 Å². The predicted molar refractivity (Wildman–Crippen MR) is 86.7 cm³/mol. The largest absolute Gasteiger partial charge is 0.359 e. The van der Waals surface area contributed by atoms with Crippen LogP contribution < -0.4 is 5.32 Å². The summed E-state index contributed by atoms with van der Waals surface area (Å²) in [5.41, 5.74) is 1.00. The third kappa shape index (κ3) is 2.21. The molecule has 0 amide bonds. The molecule has 4 rings (SSSR count). The van der Waals surface area contributed by atoms with Gasteiger partial charge in [-0.3, -0.25) is 0 Å². The van der Waals surface area contributed by atoms with Crippen molar-refractivity contribution in [2.75, 3.05) is 5.32 Å². The van der Waals surface area contributed by atoms with Crippen LogP contribution in [0.4, 0.5) is 5.13 Å². The highest BCUT2D eigenvalue weighted by molar-refractivity contribution is 7.22. The average Bonchev–Trinajstić information content (AvgIpc) is 3.11. The van der Waals surface area contributed by atoms with Gasteiger partial charge in [-0.2, -0.15) is 0 Å². The molecule has 2 aliphatic carbocycles. The molecule has 1 heterocycles. The van der Waals surface area contributed by atoms with Crippen LogP contribution >= 0.6 is 22.9 Å². The molecule has 4 unspecified atom stereocenters. The molecule has 0 spiro atoms. The molecule has 20 heavy (non-hydrogen) atoms.